The Kier molecular flexibility index (Phi) is 2.22. The molecule has 78 valence electrons. The lowest BCUT2D eigenvalue weighted by molar-refractivity contribution is 0.0726. The quantitative estimate of drug-likeness (QED) is 0.665. The summed E-state index contributed by atoms with van der Waals surface area (Å²) >= 11 is 0. The first-order valence-corrected chi connectivity index (χ1v) is 4.75. The zero-order chi connectivity index (χ0) is 11.0. The third kappa shape index (κ3) is 1.49. The van der Waals surface area contributed by atoms with E-state index in [9.17, 15) is 9.59 Å². The summed E-state index contributed by atoms with van der Waals surface area (Å²) in [6, 6.07) is 0.119. The van der Waals surface area contributed by atoms with Crippen LogP contribution in [0.4, 0.5) is 0 Å². The SMILES string of the molecule is CC(C)N1Cc2nc(C=O)cnc2C1=O. The summed E-state index contributed by atoms with van der Waals surface area (Å²) in [7, 11) is 0. The minimum Gasteiger partial charge on any atom is -0.329 e. The average Bonchev–Trinajstić information content (AvgIpc) is 2.55. The smallest absolute Gasteiger partial charge is 0.275 e. The van der Waals surface area contributed by atoms with Crippen molar-refractivity contribution in [2.24, 2.45) is 0 Å². The van der Waals surface area contributed by atoms with Gasteiger partial charge in [-0.25, -0.2) is 9.97 Å². The molecule has 1 aromatic rings. The lowest BCUT2D eigenvalue weighted by atomic mass is 10.3. The molecule has 2 rings (SSSR count). The van der Waals surface area contributed by atoms with Gasteiger partial charge in [0, 0.05) is 6.04 Å². The monoisotopic (exact) mass is 205 g/mol. The van der Waals surface area contributed by atoms with Crippen LogP contribution in [0.25, 0.3) is 0 Å². The first kappa shape index (κ1) is 9.76. The van der Waals surface area contributed by atoms with Crippen molar-refractivity contribution in [2.75, 3.05) is 0 Å². The van der Waals surface area contributed by atoms with Crippen molar-refractivity contribution in [1.29, 1.82) is 0 Å². The van der Waals surface area contributed by atoms with Gasteiger partial charge in [0.15, 0.2) is 12.0 Å². The predicted octanol–water partition coefficient (Wildman–Crippen LogP) is 0.653. The number of aromatic nitrogens is 2. The molecule has 1 aliphatic heterocycles. The molecule has 0 atom stereocenters. The number of fused-ring (bicyclic) bond motifs is 1. The van der Waals surface area contributed by atoms with Crippen molar-refractivity contribution in [3.05, 3.63) is 23.3 Å². The first-order chi connectivity index (χ1) is 7.13. The second-order valence-electron chi connectivity index (χ2n) is 3.73. The van der Waals surface area contributed by atoms with Crippen LogP contribution in [0.15, 0.2) is 6.20 Å². The van der Waals surface area contributed by atoms with Gasteiger partial charge in [-0.3, -0.25) is 9.59 Å². The summed E-state index contributed by atoms with van der Waals surface area (Å²) in [6.07, 6.45) is 1.96. The molecule has 0 aliphatic carbocycles. The van der Waals surface area contributed by atoms with Gasteiger partial charge in [-0.1, -0.05) is 0 Å². The van der Waals surface area contributed by atoms with E-state index in [-0.39, 0.29) is 17.6 Å². The topological polar surface area (TPSA) is 63.2 Å². The van der Waals surface area contributed by atoms with Gasteiger partial charge in [0.1, 0.15) is 5.69 Å². The Balaban J connectivity index is 2.40. The third-order valence-electron chi connectivity index (χ3n) is 2.39. The maximum atomic E-state index is 11.8. The van der Waals surface area contributed by atoms with E-state index in [1.54, 1.807) is 4.90 Å². The summed E-state index contributed by atoms with van der Waals surface area (Å²) < 4.78 is 0. The highest BCUT2D eigenvalue weighted by atomic mass is 16.2. The average molecular weight is 205 g/mol. The van der Waals surface area contributed by atoms with E-state index >= 15 is 0 Å². The molecule has 0 unspecified atom stereocenters. The zero-order valence-corrected chi connectivity index (χ0v) is 8.60. The van der Waals surface area contributed by atoms with Crippen LogP contribution in [0.1, 0.15) is 40.5 Å². The Labute approximate surface area is 87.1 Å². The van der Waals surface area contributed by atoms with Crippen molar-refractivity contribution in [2.45, 2.75) is 26.4 Å². The summed E-state index contributed by atoms with van der Waals surface area (Å²) in [6.45, 7) is 4.31. The molecule has 1 amide bonds. The highest BCUT2D eigenvalue weighted by molar-refractivity contribution is 5.96. The molecule has 0 spiro atoms. The molecule has 0 radical (unpaired) electrons. The van der Waals surface area contributed by atoms with Gasteiger partial charge < -0.3 is 4.90 Å². The summed E-state index contributed by atoms with van der Waals surface area (Å²) in [4.78, 5) is 32.0. The lowest BCUT2D eigenvalue weighted by Crippen LogP contribution is -2.31. The number of rotatable bonds is 2. The van der Waals surface area contributed by atoms with E-state index in [2.05, 4.69) is 9.97 Å². The molecular formula is C10H11N3O2. The van der Waals surface area contributed by atoms with E-state index in [1.807, 2.05) is 13.8 Å². The molecule has 0 aromatic carbocycles. The Morgan fingerprint density at radius 1 is 1.53 bits per heavy atom. The molecule has 0 saturated carbocycles. The fourth-order valence-electron chi connectivity index (χ4n) is 1.57. The Bertz CT molecular complexity index is 429. The fraction of sp³-hybridized carbons (Fsp3) is 0.400. The van der Waals surface area contributed by atoms with E-state index in [4.69, 9.17) is 0 Å². The van der Waals surface area contributed by atoms with Gasteiger partial charge in [-0.15, -0.1) is 0 Å². The maximum absolute atomic E-state index is 11.8. The van der Waals surface area contributed by atoms with Crippen molar-refractivity contribution < 1.29 is 9.59 Å². The van der Waals surface area contributed by atoms with Gasteiger partial charge >= 0.3 is 0 Å². The number of amides is 1. The zero-order valence-electron chi connectivity index (χ0n) is 8.60. The molecule has 0 saturated heterocycles. The molecule has 0 N–H and O–H groups in total. The minimum atomic E-state index is -0.107. The van der Waals surface area contributed by atoms with E-state index < -0.39 is 0 Å². The Morgan fingerprint density at radius 2 is 2.27 bits per heavy atom. The molecular weight excluding hydrogens is 194 g/mol. The van der Waals surface area contributed by atoms with Crippen LogP contribution in [0.2, 0.25) is 0 Å². The number of aldehydes is 1. The number of hydrogen-bond donors (Lipinski definition) is 0. The van der Waals surface area contributed by atoms with Crippen LogP contribution in [-0.4, -0.2) is 33.1 Å². The van der Waals surface area contributed by atoms with Crippen LogP contribution in [0.3, 0.4) is 0 Å². The van der Waals surface area contributed by atoms with Crippen LogP contribution in [0, 0.1) is 0 Å². The maximum Gasteiger partial charge on any atom is 0.275 e. The standard InChI is InChI=1S/C10H11N3O2/c1-6(2)13-4-8-9(10(13)15)11-3-7(5-14)12-8/h3,5-6H,4H2,1-2H3. The molecule has 0 bridgehead atoms. The predicted molar refractivity (Wildman–Crippen MR) is 52.4 cm³/mol. The summed E-state index contributed by atoms with van der Waals surface area (Å²) in [5.41, 5.74) is 1.24. The molecule has 15 heavy (non-hydrogen) atoms. The van der Waals surface area contributed by atoms with Gasteiger partial charge in [0.2, 0.25) is 0 Å². The van der Waals surface area contributed by atoms with Crippen LogP contribution in [-0.2, 0) is 6.54 Å². The summed E-state index contributed by atoms with van der Waals surface area (Å²) in [5.74, 6) is -0.107. The first-order valence-electron chi connectivity index (χ1n) is 4.75. The largest absolute Gasteiger partial charge is 0.329 e. The van der Waals surface area contributed by atoms with E-state index in [0.29, 0.717) is 24.2 Å². The Hall–Kier alpha value is -1.78. The van der Waals surface area contributed by atoms with Gasteiger partial charge in [-0.2, -0.15) is 0 Å². The third-order valence-corrected chi connectivity index (χ3v) is 2.39. The highest BCUT2D eigenvalue weighted by Crippen LogP contribution is 2.20. The number of hydrogen-bond acceptors (Lipinski definition) is 4. The van der Waals surface area contributed by atoms with Gasteiger partial charge in [0.05, 0.1) is 18.4 Å². The fourth-order valence-corrected chi connectivity index (χ4v) is 1.57. The number of carbonyl (C=O) groups is 2. The summed E-state index contributed by atoms with van der Waals surface area (Å²) in [5, 5.41) is 0. The van der Waals surface area contributed by atoms with E-state index in [1.165, 1.54) is 6.20 Å². The second-order valence-corrected chi connectivity index (χ2v) is 3.73. The minimum absolute atomic E-state index is 0.107. The van der Waals surface area contributed by atoms with Crippen LogP contribution < -0.4 is 0 Å². The Morgan fingerprint density at radius 3 is 2.87 bits per heavy atom. The molecule has 2 heterocycles. The molecule has 5 heteroatoms. The molecule has 0 fully saturated rings. The lowest BCUT2D eigenvalue weighted by Gasteiger charge is -2.18. The highest BCUT2D eigenvalue weighted by Gasteiger charge is 2.31. The van der Waals surface area contributed by atoms with Crippen molar-refractivity contribution in [3.63, 3.8) is 0 Å². The van der Waals surface area contributed by atoms with Gasteiger partial charge in [-0.05, 0) is 13.8 Å². The van der Waals surface area contributed by atoms with Crippen molar-refractivity contribution in [1.82, 2.24) is 14.9 Å². The number of carbonyl (C=O) groups excluding carboxylic acids is 2. The molecule has 1 aromatic heterocycles. The van der Waals surface area contributed by atoms with Crippen molar-refractivity contribution >= 4 is 12.2 Å². The number of nitrogens with zero attached hydrogens (tertiary/aromatic N) is 3. The second kappa shape index (κ2) is 3.42. The van der Waals surface area contributed by atoms with Crippen LogP contribution >= 0.6 is 0 Å². The molecule has 1 aliphatic rings. The van der Waals surface area contributed by atoms with Crippen LogP contribution in [0.5, 0.6) is 0 Å². The molecule has 5 nitrogen and oxygen atoms in total. The van der Waals surface area contributed by atoms with Crippen molar-refractivity contribution in [3.8, 4) is 0 Å². The van der Waals surface area contributed by atoms with Gasteiger partial charge in [0.25, 0.3) is 5.91 Å². The normalized spacial score (nSPS) is 14.6. The van der Waals surface area contributed by atoms with E-state index in [0.717, 1.165) is 0 Å².